The molecule has 1 rings (SSSR count). The highest BCUT2D eigenvalue weighted by atomic mass is 79.9. The molecule has 1 unspecified atom stereocenters. The molecule has 0 aliphatic carbocycles. The summed E-state index contributed by atoms with van der Waals surface area (Å²) in [5.41, 5.74) is 8.29. The molecule has 18 heavy (non-hydrogen) atoms. The van der Waals surface area contributed by atoms with Gasteiger partial charge in [-0.1, -0.05) is 6.07 Å². The molecule has 1 aromatic rings. The van der Waals surface area contributed by atoms with Crippen LogP contribution >= 0.6 is 27.7 Å². The van der Waals surface area contributed by atoms with Crippen LogP contribution in [0.3, 0.4) is 0 Å². The van der Waals surface area contributed by atoms with E-state index >= 15 is 0 Å². The quantitative estimate of drug-likeness (QED) is 0.853. The second kappa shape index (κ2) is 7.41. The van der Waals surface area contributed by atoms with Crippen LogP contribution in [0.2, 0.25) is 0 Å². The Morgan fingerprint density at radius 3 is 2.56 bits per heavy atom. The zero-order chi connectivity index (χ0) is 13.7. The van der Waals surface area contributed by atoms with Gasteiger partial charge in [0.15, 0.2) is 0 Å². The molecule has 0 saturated heterocycles. The molecule has 0 radical (unpaired) electrons. The minimum atomic E-state index is 0.0783. The lowest BCUT2D eigenvalue weighted by molar-refractivity contribution is 0.668. The molecule has 2 nitrogen and oxygen atoms in total. The largest absolute Gasteiger partial charge is 0.371 e. The van der Waals surface area contributed by atoms with Crippen molar-refractivity contribution in [2.24, 2.45) is 5.73 Å². The monoisotopic (exact) mass is 330 g/mol. The van der Waals surface area contributed by atoms with Crippen molar-refractivity contribution in [1.82, 2.24) is 0 Å². The highest BCUT2D eigenvalue weighted by molar-refractivity contribution is 9.10. The van der Waals surface area contributed by atoms with Gasteiger partial charge in [0.2, 0.25) is 0 Å². The van der Waals surface area contributed by atoms with Crippen LogP contribution in [0.1, 0.15) is 31.9 Å². The molecule has 0 aliphatic rings. The standard InChI is InChI=1S/C14H23BrN2S/c1-10(7-8-18-4)17(3)14-6-5-12(11(2)16)9-13(14)15/h5-6,9-11H,7-8,16H2,1-4H3/t10?,11-/m1/s1. The Labute approximate surface area is 123 Å². The third kappa shape index (κ3) is 4.18. The SMILES string of the molecule is CSCCC(C)N(C)c1ccc([C@@H](C)N)cc1Br. The Hall–Kier alpha value is -0.190. The van der Waals surface area contributed by atoms with Gasteiger partial charge >= 0.3 is 0 Å². The second-order valence-electron chi connectivity index (χ2n) is 4.74. The Morgan fingerprint density at radius 1 is 1.39 bits per heavy atom. The molecule has 0 aromatic heterocycles. The Kier molecular flexibility index (Phi) is 6.53. The molecular formula is C14H23BrN2S. The van der Waals surface area contributed by atoms with E-state index in [1.807, 2.05) is 18.7 Å². The maximum Gasteiger partial charge on any atom is 0.0510 e. The number of hydrogen-bond donors (Lipinski definition) is 1. The Balaban J connectivity index is 2.82. The fourth-order valence-electron chi connectivity index (χ4n) is 1.81. The van der Waals surface area contributed by atoms with Crippen LogP contribution < -0.4 is 10.6 Å². The lowest BCUT2D eigenvalue weighted by Gasteiger charge is -2.28. The summed E-state index contributed by atoms with van der Waals surface area (Å²) in [5.74, 6) is 1.20. The average Bonchev–Trinajstić information content (AvgIpc) is 2.34. The molecule has 0 aliphatic heterocycles. The van der Waals surface area contributed by atoms with Crippen molar-refractivity contribution in [1.29, 1.82) is 0 Å². The van der Waals surface area contributed by atoms with Gasteiger partial charge in [-0.3, -0.25) is 0 Å². The van der Waals surface area contributed by atoms with Gasteiger partial charge in [-0.05, 0) is 65.9 Å². The summed E-state index contributed by atoms with van der Waals surface area (Å²) in [6.45, 7) is 4.27. The number of nitrogens with zero attached hydrogens (tertiary/aromatic N) is 1. The molecule has 2 N–H and O–H groups in total. The summed E-state index contributed by atoms with van der Waals surface area (Å²) < 4.78 is 1.12. The number of halogens is 1. The highest BCUT2D eigenvalue weighted by Gasteiger charge is 2.13. The summed E-state index contributed by atoms with van der Waals surface area (Å²) in [4.78, 5) is 2.32. The zero-order valence-electron chi connectivity index (χ0n) is 11.6. The molecule has 0 saturated carbocycles. The molecular weight excluding hydrogens is 308 g/mol. The summed E-state index contributed by atoms with van der Waals surface area (Å²) in [6, 6.07) is 7.00. The van der Waals surface area contributed by atoms with Gasteiger partial charge in [0.05, 0.1) is 5.69 Å². The van der Waals surface area contributed by atoms with Crippen LogP contribution in [0.5, 0.6) is 0 Å². The first kappa shape index (κ1) is 15.9. The van der Waals surface area contributed by atoms with E-state index in [4.69, 9.17) is 5.73 Å². The number of hydrogen-bond acceptors (Lipinski definition) is 3. The van der Waals surface area contributed by atoms with Gasteiger partial charge in [0.1, 0.15) is 0 Å². The van der Waals surface area contributed by atoms with E-state index in [1.165, 1.54) is 17.9 Å². The summed E-state index contributed by atoms with van der Waals surface area (Å²) >= 11 is 5.55. The maximum atomic E-state index is 5.90. The van der Waals surface area contributed by atoms with E-state index in [9.17, 15) is 0 Å². The number of thioether (sulfide) groups is 1. The average molecular weight is 331 g/mol. The minimum absolute atomic E-state index is 0.0783. The first-order valence-electron chi connectivity index (χ1n) is 6.24. The number of anilines is 1. The van der Waals surface area contributed by atoms with Crippen LogP contribution in [0.4, 0.5) is 5.69 Å². The van der Waals surface area contributed by atoms with Crippen molar-refractivity contribution in [3.63, 3.8) is 0 Å². The predicted octanol–water partition coefficient (Wildman–Crippen LogP) is 4.05. The number of nitrogens with two attached hydrogens (primary N) is 1. The van der Waals surface area contributed by atoms with Crippen molar-refractivity contribution in [3.05, 3.63) is 28.2 Å². The first-order valence-corrected chi connectivity index (χ1v) is 8.42. The number of benzene rings is 1. The maximum absolute atomic E-state index is 5.90. The second-order valence-corrected chi connectivity index (χ2v) is 6.58. The summed E-state index contributed by atoms with van der Waals surface area (Å²) in [7, 11) is 2.15. The minimum Gasteiger partial charge on any atom is -0.371 e. The fraction of sp³-hybridized carbons (Fsp3) is 0.571. The van der Waals surface area contributed by atoms with Crippen molar-refractivity contribution in [2.75, 3.05) is 24.0 Å². The van der Waals surface area contributed by atoms with Gasteiger partial charge in [-0.2, -0.15) is 11.8 Å². The van der Waals surface area contributed by atoms with E-state index < -0.39 is 0 Å². The van der Waals surface area contributed by atoms with E-state index in [1.54, 1.807) is 0 Å². The lowest BCUT2D eigenvalue weighted by Crippen LogP contribution is -2.29. The third-order valence-electron chi connectivity index (χ3n) is 3.28. The molecule has 4 heteroatoms. The molecule has 102 valence electrons. The highest BCUT2D eigenvalue weighted by Crippen LogP contribution is 2.30. The van der Waals surface area contributed by atoms with Crippen LogP contribution in [0, 0.1) is 0 Å². The third-order valence-corrected chi connectivity index (χ3v) is 4.56. The molecule has 1 aromatic carbocycles. The molecule has 0 spiro atoms. The Bertz CT molecular complexity index is 382. The van der Waals surface area contributed by atoms with E-state index in [0.29, 0.717) is 6.04 Å². The Morgan fingerprint density at radius 2 is 2.06 bits per heavy atom. The smallest absolute Gasteiger partial charge is 0.0510 e. The van der Waals surface area contributed by atoms with Gasteiger partial charge < -0.3 is 10.6 Å². The first-order chi connectivity index (χ1) is 8.47. The molecule has 0 bridgehead atoms. The van der Waals surface area contributed by atoms with Crippen LogP contribution in [-0.2, 0) is 0 Å². The van der Waals surface area contributed by atoms with Crippen LogP contribution in [-0.4, -0.2) is 25.1 Å². The van der Waals surface area contributed by atoms with Gasteiger partial charge in [-0.25, -0.2) is 0 Å². The summed E-state index contributed by atoms with van der Waals surface area (Å²) in [5, 5.41) is 0. The summed E-state index contributed by atoms with van der Waals surface area (Å²) in [6.07, 6.45) is 3.35. The molecule has 2 atom stereocenters. The van der Waals surface area contributed by atoms with Crippen molar-refractivity contribution in [3.8, 4) is 0 Å². The van der Waals surface area contributed by atoms with Gasteiger partial charge in [-0.15, -0.1) is 0 Å². The van der Waals surface area contributed by atoms with Gasteiger partial charge in [0, 0.05) is 23.6 Å². The van der Waals surface area contributed by atoms with E-state index in [2.05, 4.69) is 59.3 Å². The molecule has 0 heterocycles. The van der Waals surface area contributed by atoms with E-state index in [0.717, 1.165) is 10.0 Å². The number of rotatable bonds is 6. The normalized spacial score (nSPS) is 14.3. The van der Waals surface area contributed by atoms with E-state index in [-0.39, 0.29) is 6.04 Å². The van der Waals surface area contributed by atoms with Crippen molar-refractivity contribution < 1.29 is 0 Å². The zero-order valence-corrected chi connectivity index (χ0v) is 14.0. The lowest BCUT2D eigenvalue weighted by atomic mass is 10.1. The van der Waals surface area contributed by atoms with Crippen molar-refractivity contribution in [2.45, 2.75) is 32.4 Å². The fourth-order valence-corrected chi connectivity index (χ4v) is 3.06. The van der Waals surface area contributed by atoms with Crippen LogP contribution in [0.15, 0.2) is 22.7 Å². The molecule has 0 fully saturated rings. The van der Waals surface area contributed by atoms with Crippen LogP contribution in [0.25, 0.3) is 0 Å². The predicted molar refractivity (Wildman–Crippen MR) is 87.6 cm³/mol. The van der Waals surface area contributed by atoms with Gasteiger partial charge in [0.25, 0.3) is 0 Å². The molecule has 0 amide bonds. The van der Waals surface area contributed by atoms with Crippen molar-refractivity contribution >= 4 is 33.4 Å². The topological polar surface area (TPSA) is 29.3 Å².